The van der Waals surface area contributed by atoms with E-state index in [1.54, 1.807) is 24.4 Å². The Kier molecular flexibility index (Phi) is 5.55. The van der Waals surface area contributed by atoms with Crippen LogP contribution in [0.3, 0.4) is 0 Å². The van der Waals surface area contributed by atoms with E-state index in [4.69, 9.17) is 9.47 Å². The number of hydrogen-bond donors (Lipinski definition) is 0. The predicted molar refractivity (Wildman–Crippen MR) is 114 cm³/mol. The summed E-state index contributed by atoms with van der Waals surface area (Å²) >= 11 is 0. The molecule has 9 heteroatoms. The van der Waals surface area contributed by atoms with Crippen LogP contribution in [0, 0.1) is 10.1 Å². The fourth-order valence-electron chi connectivity index (χ4n) is 3.81. The van der Waals surface area contributed by atoms with Crippen molar-refractivity contribution in [1.82, 2.24) is 4.57 Å². The molecule has 2 aromatic carbocycles. The molecule has 0 saturated carbocycles. The van der Waals surface area contributed by atoms with Gasteiger partial charge in [-0.15, -0.1) is 0 Å². The summed E-state index contributed by atoms with van der Waals surface area (Å²) in [6.45, 7) is 2.06. The van der Waals surface area contributed by atoms with Crippen LogP contribution < -0.4 is 0 Å². The second-order valence-corrected chi connectivity index (χ2v) is 7.15. The number of ether oxygens (including phenoxy) is 2. The first-order valence-electron chi connectivity index (χ1n) is 9.84. The van der Waals surface area contributed by atoms with Gasteiger partial charge in [0.05, 0.1) is 28.2 Å². The molecular weight excluding hydrogens is 416 g/mol. The number of carbonyl (C=O) groups excluding carboxylic acids is 3. The standard InChI is InChI=1S/C23H18N2O7/c1-14(26)31-12-6-11-24-13-17(15-7-2-4-9-18(15)24)21-20(22(27)32-23(21)28)16-8-3-5-10-19(16)25(29)30/h2-5,7-10,13H,6,11-12H2,1H3. The van der Waals surface area contributed by atoms with Crippen molar-refractivity contribution >= 4 is 45.6 Å². The molecule has 0 unspecified atom stereocenters. The lowest BCUT2D eigenvalue weighted by atomic mass is 9.95. The molecule has 1 aromatic heterocycles. The molecule has 4 rings (SSSR count). The van der Waals surface area contributed by atoms with Gasteiger partial charge in [0.15, 0.2) is 0 Å². The lowest BCUT2D eigenvalue weighted by Crippen LogP contribution is -2.05. The number of aryl methyl sites for hydroxylation is 1. The van der Waals surface area contributed by atoms with Crippen LogP contribution in [0.5, 0.6) is 0 Å². The molecule has 3 aromatic rings. The summed E-state index contributed by atoms with van der Waals surface area (Å²) < 4.78 is 11.7. The molecule has 2 heterocycles. The molecule has 0 saturated heterocycles. The number of hydrogen-bond acceptors (Lipinski definition) is 7. The summed E-state index contributed by atoms with van der Waals surface area (Å²) in [4.78, 5) is 47.2. The third-order valence-electron chi connectivity index (χ3n) is 5.12. The molecule has 0 amide bonds. The van der Waals surface area contributed by atoms with Gasteiger partial charge >= 0.3 is 17.9 Å². The molecule has 0 spiro atoms. The molecule has 0 N–H and O–H groups in total. The first-order valence-corrected chi connectivity index (χ1v) is 9.84. The normalized spacial score (nSPS) is 13.5. The quantitative estimate of drug-likeness (QED) is 0.184. The highest BCUT2D eigenvalue weighted by molar-refractivity contribution is 6.46. The number of benzene rings is 2. The van der Waals surface area contributed by atoms with E-state index < -0.39 is 16.9 Å². The Hall–Kier alpha value is -4.27. The number of cyclic esters (lactones) is 2. The van der Waals surface area contributed by atoms with Gasteiger partial charge in [-0.25, -0.2) is 9.59 Å². The topological polar surface area (TPSA) is 118 Å². The number of nitro benzene ring substituents is 1. The lowest BCUT2D eigenvalue weighted by Gasteiger charge is -2.05. The third kappa shape index (κ3) is 3.76. The molecule has 1 aliphatic heterocycles. The first-order chi connectivity index (χ1) is 15.4. The average Bonchev–Trinajstić information content (AvgIpc) is 3.27. The van der Waals surface area contributed by atoms with Crippen LogP contribution >= 0.6 is 0 Å². The minimum absolute atomic E-state index is 0.0146. The zero-order valence-corrected chi connectivity index (χ0v) is 17.1. The van der Waals surface area contributed by atoms with Crippen molar-refractivity contribution in [2.75, 3.05) is 6.61 Å². The second kappa shape index (κ2) is 8.46. The van der Waals surface area contributed by atoms with Gasteiger partial charge in [0.25, 0.3) is 5.69 Å². The largest absolute Gasteiger partial charge is 0.466 e. The highest BCUT2D eigenvalue weighted by atomic mass is 16.6. The van der Waals surface area contributed by atoms with Gasteiger partial charge in [0, 0.05) is 42.2 Å². The van der Waals surface area contributed by atoms with E-state index >= 15 is 0 Å². The van der Waals surface area contributed by atoms with Crippen molar-refractivity contribution in [2.24, 2.45) is 0 Å². The van der Waals surface area contributed by atoms with Crippen molar-refractivity contribution in [3.05, 3.63) is 76.0 Å². The van der Waals surface area contributed by atoms with E-state index in [0.29, 0.717) is 23.9 Å². The summed E-state index contributed by atoms with van der Waals surface area (Å²) in [5.74, 6) is -2.15. The first kappa shape index (κ1) is 21.0. The summed E-state index contributed by atoms with van der Waals surface area (Å²) in [7, 11) is 0. The van der Waals surface area contributed by atoms with E-state index in [9.17, 15) is 24.5 Å². The molecule has 32 heavy (non-hydrogen) atoms. The lowest BCUT2D eigenvalue weighted by molar-refractivity contribution is -0.385. The van der Waals surface area contributed by atoms with Crippen LogP contribution in [-0.4, -0.2) is 34.0 Å². The van der Waals surface area contributed by atoms with Crippen molar-refractivity contribution in [1.29, 1.82) is 0 Å². The molecule has 162 valence electrons. The highest BCUT2D eigenvalue weighted by Gasteiger charge is 2.39. The SMILES string of the molecule is CC(=O)OCCCn1cc(C2=C(c3ccccc3[N+](=O)[O-])C(=O)OC2=O)c2ccccc21. The minimum atomic E-state index is -0.925. The Morgan fingerprint density at radius 1 is 1.03 bits per heavy atom. The van der Waals surface area contributed by atoms with Crippen molar-refractivity contribution in [3.8, 4) is 0 Å². The van der Waals surface area contributed by atoms with Gasteiger partial charge in [-0.05, 0) is 18.6 Å². The highest BCUT2D eigenvalue weighted by Crippen LogP contribution is 2.40. The molecule has 1 aliphatic rings. The van der Waals surface area contributed by atoms with E-state index in [1.807, 2.05) is 16.7 Å². The average molecular weight is 434 g/mol. The summed E-state index contributed by atoms with van der Waals surface area (Å²) in [6, 6.07) is 13.0. The Morgan fingerprint density at radius 2 is 1.69 bits per heavy atom. The Bertz CT molecular complexity index is 1300. The Labute approximate surface area is 182 Å². The smallest absolute Gasteiger partial charge is 0.347 e. The van der Waals surface area contributed by atoms with Gasteiger partial charge < -0.3 is 14.0 Å². The van der Waals surface area contributed by atoms with Gasteiger partial charge in [-0.3, -0.25) is 14.9 Å². The maximum atomic E-state index is 12.7. The van der Waals surface area contributed by atoms with Crippen LogP contribution in [0.4, 0.5) is 5.69 Å². The fourth-order valence-corrected chi connectivity index (χ4v) is 3.81. The maximum absolute atomic E-state index is 12.7. The summed E-state index contributed by atoms with van der Waals surface area (Å²) in [5.41, 5.74) is 0.820. The number of rotatable bonds is 7. The molecule has 9 nitrogen and oxygen atoms in total. The van der Waals surface area contributed by atoms with E-state index in [2.05, 4.69) is 0 Å². The van der Waals surface area contributed by atoms with E-state index in [1.165, 1.54) is 25.1 Å². The van der Waals surface area contributed by atoms with Crippen LogP contribution in [0.1, 0.15) is 24.5 Å². The molecule has 0 bridgehead atoms. The van der Waals surface area contributed by atoms with Crippen molar-refractivity contribution in [3.63, 3.8) is 0 Å². The zero-order chi connectivity index (χ0) is 22.8. The van der Waals surface area contributed by atoms with Crippen LogP contribution in [0.25, 0.3) is 22.0 Å². The Morgan fingerprint density at radius 3 is 2.41 bits per heavy atom. The number of aromatic nitrogens is 1. The van der Waals surface area contributed by atoms with Crippen LogP contribution in [-0.2, 0) is 30.4 Å². The number of fused-ring (bicyclic) bond motifs is 1. The number of esters is 3. The van der Waals surface area contributed by atoms with Gasteiger partial charge in [0.2, 0.25) is 0 Å². The van der Waals surface area contributed by atoms with Crippen molar-refractivity contribution < 1.29 is 28.8 Å². The predicted octanol–water partition coefficient (Wildman–Crippen LogP) is 3.50. The molecule has 0 fully saturated rings. The Balaban J connectivity index is 1.86. The third-order valence-corrected chi connectivity index (χ3v) is 5.12. The zero-order valence-electron chi connectivity index (χ0n) is 17.1. The molecule has 0 aliphatic carbocycles. The van der Waals surface area contributed by atoms with Crippen LogP contribution in [0.15, 0.2) is 54.7 Å². The van der Waals surface area contributed by atoms with E-state index in [-0.39, 0.29) is 35.0 Å². The van der Waals surface area contributed by atoms with Gasteiger partial charge in [-0.2, -0.15) is 0 Å². The number of para-hydroxylation sites is 2. The molecule has 0 atom stereocenters. The monoisotopic (exact) mass is 434 g/mol. The van der Waals surface area contributed by atoms with Gasteiger partial charge in [-0.1, -0.05) is 30.3 Å². The summed E-state index contributed by atoms with van der Waals surface area (Å²) in [5, 5.41) is 12.2. The van der Waals surface area contributed by atoms with E-state index in [0.717, 1.165) is 5.52 Å². The second-order valence-electron chi connectivity index (χ2n) is 7.15. The molecular formula is C23H18N2O7. The number of nitro groups is 1. The van der Waals surface area contributed by atoms with Gasteiger partial charge in [0.1, 0.15) is 0 Å². The summed E-state index contributed by atoms with van der Waals surface area (Å²) in [6.07, 6.45) is 2.25. The van der Waals surface area contributed by atoms with Crippen molar-refractivity contribution in [2.45, 2.75) is 19.9 Å². The number of carbonyl (C=O) groups is 3. The van der Waals surface area contributed by atoms with Crippen LogP contribution in [0.2, 0.25) is 0 Å². The maximum Gasteiger partial charge on any atom is 0.347 e. The molecule has 0 radical (unpaired) electrons. The number of nitrogens with zero attached hydrogens (tertiary/aromatic N) is 2. The fraction of sp³-hybridized carbons (Fsp3) is 0.174. The minimum Gasteiger partial charge on any atom is -0.466 e.